The van der Waals surface area contributed by atoms with E-state index in [2.05, 4.69) is 5.32 Å². The Kier molecular flexibility index (Phi) is 5.60. The van der Waals surface area contributed by atoms with Crippen LogP contribution in [0.3, 0.4) is 0 Å². The number of aliphatic carboxylic acids is 1. The second-order valence-electron chi connectivity index (χ2n) is 3.96. The number of hydrogen-bond donors (Lipinski definition) is 2. The highest BCUT2D eigenvalue weighted by Gasteiger charge is 2.05. The van der Waals surface area contributed by atoms with E-state index < -0.39 is 5.97 Å². The van der Waals surface area contributed by atoms with Gasteiger partial charge >= 0.3 is 5.97 Å². The lowest BCUT2D eigenvalue weighted by Crippen LogP contribution is -2.28. The van der Waals surface area contributed by atoms with Crippen molar-refractivity contribution in [3.05, 3.63) is 35.4 Å². The number of ether oxygens (including phenoxy) is 1. The normalized spacial score (nSPS) is 10.4. The fraction of sp³-hybridized carbons (Fsp3) is 0.286. The number of rotatable bonds is 6. The second-order valence-corrected chi connectivity index (χ2v) is 3.96. The summed E-state index contributed by atoms with van der Waals surface area (Å²) in [6.45, 7) is 4.17. The van der Waals surface area contributed by atoms with Gasteiger partial charge in [-0.3, -0.25) is 4.79 Å². The Hall–Kier alpha value is -2.30. The van der Waals surface area contributed by atoms with E-state index in [1.807, 2.05) is 19.9 Å². The van der Waals surface area contributed by atoms with Crippen LogP contribution >= 0.6 is 0 Å². The largest absolute Gasteiger partial charge is 0.483 e. The number of amides is 1. The molecule has 0 atom stereocenters. The first-order valence-electron chi connectivity index (χ1n) is 5.94. The summed E-state index contributed by atoms with van der Waals surface area (Å²) < 4.78 is 5.38. The number of carbonyl (C=O) groups excluding carboxylic acids is 1. The smallest absolute Gasteiger partial charge is 0.328 e. The highest BCUT2D eigenvalue weighted by molar-refractivity contribution is 5.86. The fourth-order valence-electron chi connectivity index (χ4n) is 1.48. The van der Waals surface area contributed by atoms with Gasteiger partial charge in [-0.1, -0.05) is 11.6 Å². The van der Waals surface area contributed by atoms with E-state index in [0.29, 0.717) is 17.9 Å². The Balaban J connectivity index is 2.81. The fourth-order valence-corrected chi connectivity index (χ4v) is 1.48. The minimum atomic E-state index is -1.03. The van der Waals surface area contributed by atoms with Gasteiger partial charge in [-0.2, -0.15) is 0 Å². The Labute approximate surface area is 111 Å². The van der Waals surface area contributed by atoms with Gasteiger partial charge < -0.3 is 15.2 Å². The zero-order chi connectivity index (χ0) is 14.3. The van der Waals surface area contributed by atoms with Gasteiger partial charge in [0.15, 0.2) is 6.61 Å². The topological polar surface area (TPSA) is 75.6 Å². The number of hydrogen-bond acceptors (Lipinski definition) is 3. The maximum absolute atomic E-state index is 11.3. The highest BCUT2D eigenvalue weighted by atomic mass is 16.5. The third-order valence-electron chi connectivity index (χ3n) is 2.30. The molecule has 1 aromatic carbocycles. The lowest BCUT2D eigenvalue weighted by molar-refractivity contribution is -0.131. The van der Waals surface area contributed by atoms with Crippen molar-refractivity contribution < 1.29 is 19.4 Å². The summed E-state index contributed by atoms with van der Waals surface area (Å²) in [7, 11) is 0. The molecule has 1 aromatic rings. The number of carbonyl (C=O) groups is 2. The Bertz CT molecular complexity index is 494. The van der Waals surface area contributed by atoms with Gasteiger partial charge in [-0.25, -0.2) is 4.79 Å². The molecule has 0 aliphatic carbocycles. The van der Waals surface area contributed by atoms with Crippen LogP contribution in [-0.2, 0) is 9.59 Å². The maximum Gasteiger partial charge on any atom is 0.328 e. The predicted octanol–water partition coefficient (Wildman–Crippen LogP) is 1.61. The first kappa shape index (κ1) is 14.8. The van der Waals surface area contributed by atoms with Crippen molar-refractivity contribution in [2.75, 3.05) is 13.2 Å². The number of carboxylic acids is 1. The monoisotopic (exact) mass is 263 g/mol. The number of aryl methyl sites for hydroxylation is 1. The van der Waals surface area contributed by atoms with Crippen LogP contribution in [0, 0.1) is 6.92 Å². The molecule has 1 rings (SSSR count). The molecule has 0 saturated heterocycles. The molecule has 5 nitrogen and oxygen atoms in total. The molecular formula is C14H17NO4. The lowest BCUT2D eigenvalue weighted by Gasteiger charge is -2.09. The Morgan fingerprint density at radius 2 is 2.16 bits per heavy atom. The highest BCUT2D eigenvalue weighted by Crippen LogP contribution is 2.21. The van der Waals surface area contributed by atoms with Gasteiger partial charge in [0, 0.05) is 18.2 Å². The third kappa shape index (κ3) is 5.25. The van der Waals surface area contributed by atoms with Crippen LogP contribution in [0.25, 0.3) is 6.08 Å². The van der Waals surface area contributed by atoms with E-state index in [1.165, 1.54) is 6.08 Å². The van der Waals surface area contributed by atoms with Crippen molar-refractivity contribution in [2.24, 2.45) is 0 Å². The Morgan fingerprint density at radius 1 is 1.42 bits per heavy atom. The molecule has 102 valence electrons. The van der Waals surface area contributed by atoms with E-state index in [4.69, 9.17) is 9.84 Å². The van der Waals surface area contributed by atoms with Crippen molar-refractivity contribution in [3.8, 4) is 5.75 Å². The molecule has 0 spiro atoms. The quantitative estimate of drug-likeness (QED) is 0.764. The first-order chi connectivity index (χ1) is 9.02. The zero-order valence-corrected chi connectivity index (χ0v) is 11.0. The van der Waals surface area contributed by atoms with Crippen molar-refractivity contribution in [2.45, 2.75) is 13.8 Å². The van der Waals surface area contributed by atoms with Gasteiger partial charge in [0.2, 0.25) is 0 Å². The lowest BCUT2D eigenvalue weighted by atomic mass is 10.1. The van der Waals surface area contributed by atoms with Crippen molar-refractivity contribution in [1.29, 1.82) is 0 Å². The zero-order valence-electron chi connectivity index (χ0n) is 11.0. The standard InChI is InChI=1S/C14H17NO4/c1-3-15-13(16)9-19-12-6-4-10(2)8-11(12)5-7-14(17)18/h4-8H,3,9H2,1-2H3,(H,15,16)(H,17,18). The molecular weight excluding hydrogens is 246 g/mol. The minimum Gasteiger partial charge on any atom is -0.483 e. The molecule has 0 radical (unpaired) electrons. The molecule has 5 heteroatoms. The Morgan fingerprint density at radius 3 is 2.79 bits per heavy atom. The average molecular weight is 263 g/mol. The summed E-state index contributed by atoms with van der Waals surface area (Å²) in [5, 5.41) is 11.3. The summed E-state index contributed by atoms with van der Waals surface area (Å²) in [5.74, 6) is -0.762. The molecule has 0 saturated carbocycles. The van der Waals surface area contributed by atoms with Crippen molar-refractivity contribution in [1.82, 2.24) is 5.32 Å². The average Bonchev–Trinajstić information content (AvgIpc) is 2.35. The van der Waals surface area contributed by atoms with Gasteiger partial charge in [0.1, 0.15) is 5.75 Å². The molecule has 0 aliphatic rings. The van der Waals surface area contributed by atoms with Crippen LogP contribution in [0.4, 0.5) is 0 Å². The van der Waals surface area contributed by atoms with Crippen molar-refractivity contribution >= 4 is 18.0 Å². The number of likely N-dealkylation sites (N-methyl/N-ethyl adjacent to an activating group) is 1. The van der Waals surface area contributed by atoms with Gasteiger partial charge in [0.25, 0.3) is 5.91 Å². The van der Waals surface area contributed by atoms with Crippen LogP contribution in [-0.4, -0.2) is 30.1 Å². The molecule has 0 bridgehead atoms. The van der Waals surface area contributed by atoms with Crippen LogP contribution in [0.2, 0.25) is 0 Å². The molecule has 0 aliphatic heterocycles. The molecule has 0 fully saturated rings. The van der Waals surface area contributed by atoms with Gasteiger partial charge in [-0.05, 0) is 32.1 Å². The second kappa shape index (κ2) is 7.20. The van der Waals surface area contributed by atoms with E-state index in [9.17, 15) is 9.59 Å². The summed E-state index contributed by atoms with van der Waals surface area (Å²) in [6.07, 6.45) is 2.48. The van der Waals surface area contributed by atoms with Gasteiger partial charge in [0.05, 0.1) is 0 Å². The molecule has 1 amide bonds. The molecule has 0 aromatic heterocycles. The first-order valence-corrected chi connectivity index (χ1v) is 5.94. The number of benzene rings is 1. The number of nitrogens with one attached hydrogen (secondary N) is 1. The summed E-state index contributed by atoms with van der Waals surface area (Å²) >= 11 is 0. The summed E-state index contributed by atoms with van der Waals surface area (Å²) in [6, 6.07) is 5.35. The molecule has 0 heterocycles. The molecule has 0 unspecified atom stereocenters. The van der Waals surface area contributed by atoms with E-state index >= 15 is 0 Å². The van der Waals surface area contributed by atoms with Crippen LogP contribution in [0.1, 0.15) is 18.1 Å². The van der Waals surface area contributed by atoms with E-state index in [0.717, 1.165) is 11.6 Å². The van der Waals surface area contributed by atoms with Crippen molar-refractivity contribution in [3.63, 3.8) is 0 Å². The minimum absolute atomic E-state index is 0.0924. The number of carboxylic acid groups (broad SMARTS) is 1. The molecule has 19 heavy (non-hydrogen) atoms. The van der Waals surface area contributed by atoms with E-state index in [-0.39, 0.29) is 12.5 Å². The summed E-state index contributed by atoms with van der Waals surface area (Å²) in [4.78, 5) is 21.8. The van der Waals surface area contributed by atoms with Crippen LogP contribution in [0.5, 0.6) is 5.75 Å². The third-order valence-corrected chi connectivity index (χ3v) is 2.30. The maximum atomic E-state index is 11.3. The van der Waals surface area contributed by atoms with Crippen LogP contribution in [0.15, 0.2) is 24.3 Å². The molecule has 2 N–H and O–H groups in total. The van der Waals surface area contributed by atoms with Gasteiger partial charge in [-0.15, -0.1) is 0 Å². The van der Waals surface area contributed by atoms with Crippen LogP contribution < -0.4 is 10.1 Å². The summed E-state index contributed by atoms with van der Waals surface area (Å²) in [5.41, 5.74) is 1.61. The SMILES string of the molecule is CCNC(=O)COc1ccc(C)cc1C=CC(=O)O. The van der Waals surface area contributed by atoms with E-state index in [1.54, 1.807) is 12.1 Å². The predicted molar refractivity (Wildman–Crippen MR) is 72.0 cm³/mol.